The van der Waals surface area contributed by atoms with Crippen LogP contribution in [-0.4, -0.2) is 91.1 Å². The van der Waals surface area contributed by atoms with Crippen molar-refractivity contribution in [1.29, 1.82) is 0 Å². The highest BCUT2D eigenvalue weighted by Gasteiger charge is 2.34. The van der Waals surface area contributed by atoms with Crippen LogP contribution >= 0.6 is 0 Å². The van der Waals surface area contributed by atoms with Crippen LogP contribution in [0.1, 0.15) is 40.5 Å². The minimum Gasteiger partial charge on any atom is -0.464 e. The van der Waals surface area contributed by atoms with Crippen LogP contribution in [0.2, 0.25) is 0 Å². The molecule has 9 heteroatoms. The predicted octanol–water partition coefficient (Wildman–Crippen LogP) is 1.11. The topological polar surface area (TPSA) is 96.5 Å². The van der Waals surface area contributed by atoms with E-state index in [1.165, 1.54) is 37.9 Å². The number of likely N-dealkylation sites (N-methyl/N-ethyl adjacent to an activating group) is 3. The number of ether oxygens (including phenoxy) is 2. The zero-order chi connectivity index (χ0) is 22.7. The molecule has 0 heterocycles. The number of carbonyl (C=O) groups excluding carboxylic acids is 4. The van der Waals surface area contributed by atoms with Crippen LogP contribution in [0.4, 0.5) is 4.79 Å². The second kappa shape index (κ2) is 12.6. The molecule has 0 N–H and O–H groups in total. The van der Waals surface area contributed by atoms with E-state index in [1.54, 1.807) is 13.8 Å². The van der Waals surface area contributed by atoms with Crippen LogP contribution < -0.4 is 0 Å². The summed E-state index contributed by atoms with van der Waals surface area (Å²) in [5.74, 6) is 0.786. The maximum atomic E-state index is 12.7. The fraction of sp³-hybridized carbons (Fsp3) is 0.700. The van der Waals surface area contributed by atoms with Gasteiger partial charge in [0, 0.05) is 21.1 Å². The van der Waals surface area contributed by atoms with E-state index in [4.69, 9.17) is 15.9 Å². The summed E-state index contributed by atoms with van der Waals surface area (Å²) in [7, 11) is 4.35. The fourth-order valence-corrected chi connectivity index (χ4v) is 2.26. The molecule has 164 valence electrons. The summed E-state index contributed by atoms with van der Waals surface area (Å²) in [6.45, 7) is 6.72. The van der Waals surface area contributed by atoms with Crippen LogP contribution in [0.25, 0.3) is 0 Å². The van der Waals surface area contributed by atoms with E-state index < -0.39 is 42.0 Å². The number of amides is 3. The first-order valence-corrected chi connectivity index (χ1v) is 9.54. The lowest BCUT2D eigenvalue weighted by molar-refractivity contribution is -0.156. The zero-order valence-electron chi connectivity index (χ0n) is 18.4. The molecular formula is C20H33N3O6. The summed E-state index contributed by atoms with van der Waals surface area (Å²) in [5, 5.41) is 0. The van der Waals surface area contributed by atoms with Gasteiger partial charge in [-0.05, 0) is 27.2 Å². The van der Waals surface area contributed by atoms with Gasteiger partial charge in [0.25, 0.3) is 0 Å². The third-order valence-electron chi connectivity index (χ3n) is 4.80. The summed E-state index contributed by atoms with van der Waals surface area (Å²) < 4.78 is 9.95. The highest BCUT2D eigenvalue weighted by Crippen LogP contribution is 2.10. The van der Waals surface area contributed by atoms with Gasteiger partial charge in [-0.2, -0.15) is 0 Å². The lowest BCUT2D eigenvalue weighted by Gasteiger charge is -2.33. The highest BCUT2D eigenvalue weighted by molar-refractivity contribution is 5.92. The Bertz CT molecular complexity index is 630. The number of hydrogen-bond acceptors (Lipinski definition) is 6. The summed E-state index contributed by atoms with van der Waals surface area (Å²) in [6.07, 6.45) is 5.95. The second-order valence-corrected chi connectivity index (χ2v) is 6.82. The molecule has 0 radical (unpaired) electrons. The van der Waals surface area contributed by atoms with Gasteiger partial charge >= 0.3 is 12.1 Å². The molecule has 0 fully saturated rings. The van der Waals surface area contributed by atoms with Gasteiger partial charge in [-0.15, -0.1) is 6.42 Å². The number of esters is 1. The quantitative estimate of drug-likeness (QED) is 0.304. The van der Waals surface area contributed by atoms with Crippen LogP contribution in [-0.2, 0) is 23.9 Å². The number of hydrogen-bond donors (Lipinski definition) is 0. The standard InChI is InChI=1S/C20H33N3O6/c1-9-11-13-28-19(26)16(5)22(7)17(24)14(3)21(6)18(25)15(4)23(8)20(27)29-12-10-2/h2,14-16H,9,11-13H2,1,3-8H3. The van der Waals surface area contributed by atoms with Crippen LogP contribution in [0.5, 0.6) is 0 Å². The summed E-state index contributed by atoms with van der Waals surface area (Å²) in [4.78, 5) is 52.9. The molecule has 0 saturated heterocycles. The molecule has 0 saturated carbocycles. The highest BCUT2D eigenvalue weighted by atomic mass is 16.6. The molecular weight excluding hydrogens is 378 g/mol. The van der Waals surface area contributed by atoms with Crippen LogP contribution in [0.3, 0.4) is 0 Å². The molecule has 0 aromatic rings. The van der Waals surface area contributed by atoms with Crippen LogP contribution in [0, 0.1) is 12.3 Å². The first-order chi connectivity index (χ1) is 13.5. The number of rotatable bonds is 10. The number of carbonyl (C=O) groups is 4. The third kappa shape index (κ3) is 7.64. The van der Waals surface area contributed by atoms with Crippen molar-refractivity contribution in [2.45, 2.75) is 58.7 Å². The Balaban J connectivity index is 4.98. The van der Waals surface area contributed by atoms with Crippen molar-refractivity contribution in [3.05, 3.63) is 0 Å². The summed E-state index contributed by atoms with van der Waals surface area (Å²) >= 11 is 0. The molecule has 0 bridgehead atoms. The minimum atomic E-state index is -0.873. The molecule has 0 aliphatic carbocycles. The molecule has 29 heavy (non-hydrogen) atoms. The van der Waals surface area contributed by atoms with E-state index in [9.17, 15) is 19.2 Å². The maximum Gasteiger partial charge on any atom is 0.411 e. The Morgan fingerprint density at radius 3 is 1.83 bits per heavy atom. The molecule has 0 rings (SSSR count). The van der Waals surface area contributed by atoms with Gasteiger partial charge in [0.15, 0.2) is 6.61 Å². The number of nitrogens with zero attached hydrogens (tertiary/aromatic N) is 3. The molecule has 0 aromatic heterocycles. The lowest BCUT2D eigenvalue weighted by atomic mass is 10.2. The van der Waals surface area contributed by atoms with E-state index in [0.717, 1.165) is 17.7 Å². The molecule has 3 amide bonds. The largest absolute Gasteiger partial charge is 0.464 e. The van der Waals surface area contributed by atoms with Gasteiger partial charge in [-0.3, -0.25) is 14.5 Å². The SMILES string of the molecule is C#CCOC(=O)N(C)C(C)C(=O)N(C)C(C)C(=O)N(C)C(C)C(=O)OCCCC. The van der Waals surface area contributed by atoms with Crippen molar-refractivity contribution in [2.24, 2.45) is 0 Å². The minimum absolute atomic E-state index is 0.203. The van der Waals surface area contributed by atoms with Crippen molar-refractivity contribution in [2.75, 3.05) is 34.4 Å². The third-order valence-corrected chi connectivity index (χ3v) is 4.80. The van der Waals surface area contributed by atoms with Crippen molar-refractivity contribution >= 4 is 23.9 Å². The van der Waals surface area contributed by atoms with E-state index in [1.807, 2.05) is 6.92 Å². The predicted molar refractivity (Wildman–Crippen MR) is 108 cm³/mol. The Hall–Kier alpha value is -2.76. The molecule has 0 aliphatic heterocycles. The fourth-order valence-electron chi connectivity index (χ4n) is 2.26. The molecule has 0 aromatic carbocycles. The Labute approximate surface area is 173 Å². The monoisotopic (exact) mass is 411 g/mol. The average Bonchev–Trinajstić information content (AvgIpc) is 2.72. The van der Waals surface area contributed by atoms with E-state index in [2.05, 4.69) is 5.92 Å². The van der Waals surface area contributed by atoms with Crippen LogP contribution in [0.15, 0.2) is 0 Å². The second-order valence-electron chi connectivity index (χ2n) is 6.82. The average molecular weight is 411 g/mol. The molecule has 3 unspecified atom stereocenters. The van der Waals surface area contributed by atoms with Gasteiger partial charge in [-0.25, -0.2) is 9.59 Å². The lowest BCUT2D eigenvalue weighted by Crippen LogP contribution is -2.54. The number of unbranched alkanes of at least 4 members (excludes halogenated alkanes) is 1. The van der Waals surface area contributed by atoms with E-state index >= 15 is 0 Å². The normalized spacial score (nSPS) is 13.3. The molecule has 3 atom stereocenters. The van der Waals surface area contributed by atoms with Gasteiger partial charge in [-0.1, -0.05) is 19.3 Å². The van der Waals surface area contributed by atoms with Crippen molar-refractivity contribution in [1.82, 2.24) is 14.7 Å². The van der Waals surface area contributed by atoms with Gasteiger partial charge in [0.2, 0.25) is 11.8 Å². The van der Waals surface area contributed by atoms with Gasteiger partial charge in [0.05, 0.1) is 6.61 Å². The number of terminal acetylenes is 1. The molecule has 9 nitrogen and oxygen atoms in total. The Morgan fingerprint density at radius 2 is 1.34 bits per heavy atom. The van der Waals surface area contributed by atoms with Crippen molar-refractivity contribution in [3.8, 4) is 12.3 Å². The van der Waals surface area contributed by atoms with Gasteiger partial charge < -0.3 is 19.3 Å². The Morgan fingerprint density at radius 1 is 0.862 bits per heavy atom. The maximum absolute atomic E-state index is 12.7. The van der Waals surface area contributed by atoms with Crippen molar-refractivity contribution in [3.63, 3.8) is 0 Å². The first kappa shape index (κ1) is 26.2. The summed E-state index contributed by atoms with van der Waals surface area (Å²) in [6, 6.07) is -2.51. The first-order valence-electron chi connectivity index (χ1n) is 9.54. The van der Waals surface area contributed by atoms with Crippen molar-refractivity contribution < 1.29 is 28.7 Å². The zero-order valence-corrected chi connectivity index (χ0v) is 18.4. The van der Waals surface area contributed by atoms with E-state index in [-0.39, 0.29) is 6.61 Å². The molecule has 0 spiro atoms. The Kier molecular flexibility index (Phi) is 11.4. The summed E-state index contributed by atoms with van der Waals surface area (Å²) in [5.41, 5.74) is 0. The smallest absolute Gasteiger partial charge is 0.411 e. The molecule has 0 aliphatic rings. The van der Waals surface area contributed by atoms with E-state index in [0.29, 0.717) is 6.61 Å². The van der Waals surface area contributed by atoms with Gasteiger partial charge in [0.1, 0.15) is 18.1 Å².